The molecule has 1 fully saturated rings. The molecule has 0 amide bonds. The first-order chi connectivity index (χ1) is 12.9. The lowest BCUT2D eigenvalue weighted by atomic mass is 10.2. The van der Waals surface area contributed by atoms with Crippen LogP contribution in [-0.4, -0.2) is 58.0 Å². The van der Waals surface area contributed by atoms with Crippen molar-refractivity contribution < 1.29 is 4.52 Å². The molecule has 0 saturated carbocycles. The van der Waals surface area contributed by atoms with Crippen molar-refractivity contribution >= 4 is 5.82 Å². The molecule has 1 saturated heterocycles. The Morgan fingerprint density at radius 2 is 1.88 bits per heavy atom. The van der Waals surface area contributed by atoms with E-state index in [9.17, 15) is 0 Å². The summed E-state index contributed by atoms with van der Waals surface area (Å²) in [5.41, 5.74) is 0.983. The second kappa shape index (κ2) is 8.05. The van der Waals surface area contributed by atoms with Crippen LogP contribution in [0.5, 0.6) is 0 Å². The van der Waals surface area contributed by atoms with Gasteiger partial charge in [0.15, 0.2) is 5.82 Å². The molecule has 0 aliphatic carbocycles. The summed E-state index contributed by atoms with van der Waals surface area (Å²) in [7, 11) is 0. The fraction of sp³-hybridized carbons (Fsp3) is 0.368. The van der Waals surface area contributed by atoms with Crippen molar-refractivity contribution in [1.82, 2.24) is 25.2 Å². The maximum Gasteiger partial charge on any atom is 0.228 e. The van der Waals surface area contributed by atoms with Crippen molar-refractivity contribution in [2.45, 2.75) is 12.8 Å². The Balaban J connectivity index is 1.31. The topological polar surface area (TPSA) is 71.2 Å². The molecule has 0 spiro atoms. The van der Waals surface area contributed by atoms with Crippen LogP contribution in [0.25, 0.3) is 11.4 Å². The van der Waals surface area contributed by atoms with Crippen LogP contribution < -0.4 is 4.90 Å². The zero-order chi connectivity index (χ0) is 17.6. The van der Waals surface area contributed by atoms with Gasteiger partial charge in [-0.1, -0.05) is 35.5 Å². The molecule has 7 heteroatoms. The predicted molar refractivity (Wildman–Crippen MR) is 98.7 cm³/mol. The van der Waals surface area contributed by atoms with Crippen molar-refractivity contribution in [2.24, 2.45) is 0 Å². The largest absolute Gasteiger partial charge is 0.354 e. The van der Waals surface area contributed by atoms with Crippen molar-refractivity contribution in [1.29, 1.82) is 0 Å². The normalized spacial score (nSPS) is 15.8. The van der Waals surface area contributed by atoms with Gasteiger partial charge >= 0.3 is 0 Å². The third-order valence-corrected chi connectivity index (χ3v) is 4.61. The third-order valence-electron chi connectivity index (χ3n) is 4.61. The SMILES string of the molecule is c1ccc(-c2noc(CCN3CCCN(c4cccnn4)CC3)n2)cc1. The summed E-state index contributed by atoms with van der Waals surface area (Å²) in [4.78, 5) is 9.26. The first-order valence-electron chi connectivity index (χ1n) is 9.01. The molecule has 1 aliphatic rings. The van der Waals surface area contributed by atoms with Gasteiger partial charge in [-0.2, -0.15) is 10.1 Å². The number of nitrogens with zero attached hydrogens (tertiary/aromatic N) is 6. The lowest BCUT2D eigenvalue weighted by molar-refractivity contribution is 0.279. The maximum atomic E-state index is 5.42. The fourth-order valence-corrected chi connectivity index (χ4v) is 3.20. The molecule has 0 unspecified atom stereocenters. The average Bonchev–Trinajstić information content (AvgIpc) is 3.06. The van der Waals surface area contributed by atoms with Crippen molar-refractivity contribution in [3.8, 4) is 11.4 Å². The van der Waals surface area contributed by atoms with Gasteiger partial charge in [-0.15, -0.1) is 5.10 Å². The first kappa shape index (κ1) is 16.7. The number of rotatable bonds is 5. The molecule has 3 aromatic rings. The minimum Gasteiger partial charge on any atom is -0.354 e. The van der Waals surface area contributed by atoms with Crippen LogP contribution >= 0.6 is 0 Å². The van der Waals surface area contributed by atoms with E-state index in [2.05, 4.69) is 30.1 Å². The highest BCUT2D eigenvalue weighted by Gasteiger charge is 2.17. The predicted octanol–water partition coefficient (Wildman–Crippen LogP) is 2.28. The first-order valence-corrected chi connectivity index (χ1v) is 9.01. The number of aromatic nitrogens is 4. The lowest BCUT2D eigenvalue weighted by Gasteiger charge is -2.21. The van der Waals surface area contributed by atoms with E-state index in [1.807, 2.05) is 42.5 Å². The van der Waals surface area contributed by atoms with Crippen LogP contribution in [0.15, 0.2) is 53.2 Å². The van der Waals surface area contributed by atoms with Gasteiger partial charge in [0.25, 0.3) is 0 Å². The Bertz CT molecular complexity index is 807. The molecule has 3 heterocycles. The van der Waals surface area contributed by atoms with Gasteiger partial charge in [-0.3, -0.25) is 0 Å². The molecule has 4 rings (SSSR count). The minimum absolute atomic E-state index is 0.658. The van der Waals surface area contributed by atoms with E-state index in [1.54, 1.807) is 6.20 Å². The van der Waals surface area contributed by atoms with E-state index in [4.69, 9.17) is 4.52 Å². The van der Waals surface area contributed by atoms with E-state index in [0.29, 0.717) is 11.7 Å². The number of benzene rings is 1. The molecule has 0 radical (unpaired) electrons. The average molecular weight is 350 g/mol. The second-order valence-electron chi connectivity index (χ2n) is 6.39. The Morgan fingerprint density at radius 1 is 0.962 bits per heavy atom. The van der Waals surface area contributed by atoms with Crippen LogP contribution in [0, 0.1) is 0 Å². The zero-order valence-corrected chi connectivity index (χ0v) is 14.7. The third kappa shape index (κ3) is 4.05. The Hall–Kier alpha value is -2.80. The summed E-state index contributed by atoms with van der Waals surface area (Å²) in [6.45, 7) is 4.95. The summed E-state index contributed by atoms with van der Waals surface area (Å²) in [5, 5.41) is 12.3. The highest BCUT2D eigenvalue weighted by molar-refractivity contribution is 5.53. The fourth-order valence-electron chi connectivity index (χ4n) is 3.20. The second-order valence-corrected chi connectivity index (χ2v) is 6.39. The summed E-state index contributed by atoms with van der Waals surface area (Å²) in [6, 6.07) is 13.9. The molecular formula is C19H22N6O. The number of hydrogen-bond acceptors (Lipinski definition) is 7. The molecule has 0 bridgehead atoms. The smallest absolute Gasteiger partial charge is 0.228 e. The van der Waals surface area contributed by atoms with Crippen LogP contribution in [0.1, 0.15) is 12.3 Å². The monoisotopic (exact) mass is 350 g/mol. The Labute approximate surface area is 152 Å². The number of hydrogen-bond donors (Lipinski definition) is 0. The van der Waals surface area contributed by atoms with Gasteiger partial charge < -0.3 is 14.3 Å². The maximum absolute atomic E-state index is 5.42. The molecular weight excluding hydrogens is 328 g/mol. The minimum atomic E-state index is 0.658. The van der Waals surface area contributed by atoms with Gasteiger partial charge in [0.1, 0.15) is 0 Å². The Morgan fingerprint density at radius 3 is 2.73 bits per heavy atom. The van der Waals surface area contributed by atoms with Gasteiger partial charge in [0.05, 0.1) is 0 Å². The highest BCUT2D eigenvalue weighted by atomic mass is 16.5. The number of anilines is 1. The van der Waals surface area contributed by atoms with Crippen LogP contribution in [0.4, 0.5) is 5.82 Å². The van der Waals surface area contributed by atoms with Gasteiger partial charge in [-0.25, -0.2) is 0 Å². The molecule has 2 aromatic heterocycles. The summed E-state index contributed by atoms with van der Waals surface area (Å²) in [6.07, 6.45) is 3.59. The van der Waals surface area contributed by atoms with Crippen molar-refractivity contribution in [3.05, 3.63) is 54.6 Å². The summed E-state index contributed by atoms with van der Waals surface area (Å²) in [5.74, 6) is 2.31. The van der Waals surface area contributed by atoms with E-state index in [1.165, 1.54) is 0 Å². The molecule has 1 aliphatic heterocycles. The molecule has 0 N–H and O–H groups in total. The van der Waals surface area contributed by atoms with E-state index in [-0.39, 0.29) is 0 Å². The summed E-state index contributed by atoms with van der Waals surface area (Å²) < 4.78 is 5.42. The van der Waals surface area contributed by atoms with E-state index >= 15 is 0 Å². The van der Waals surface area contributed by atoms with E-state index < -0.39 is 0 Å². The highest BCUT2D eigenvalue weighted by Crippen LogP contribution is 2.16. The zero-order valence-electron chi connectivity index (χ0n) is 14.7. The molecule has 7 nitrogen and oxygen atoms in total. The van der Waals surface area contributed by atoms with Crippen molar-refractivity contribution in [3.63, 3.8) is 0 Å². The molecule has 1 aromatic carbocycles. The van der Waals surface area contributed by atoms with Crippen LogP contribution in [-0.2, 0) is 6.42 Å². The van der Waals surface area contributed by atoms with Crippen LogP contribution in [0.3, 0.4) is 0 Å². The van der Waals surface area contributed by atoms with E-state index in [0.717, 1.165) is 56.9 Å². The Kier molecular flexibility index (Phi) is 5.16. The lowest BCUT2D eigenvalue weighted by Crippen LogP contribution is -2.32. The quantitative estimate of drug-likeness (QED) is 0.699. The molecule has 26 heavy (non-hydrogen) atoms. The van der Waals surface area contributed by atoms with Gasteiger partial charge in [0, 0.05) is 44.4 Å². The summed E-state index contributed by atoms with van der Waals surface area (Å²) >= 11 is 0. The van der Waals surface area contributed by atoms with Crippen molar-refractivity contribution in [2.75, 3.05) is 37.6 Å². The van der Waals surface area contributed by atoms with Gasteiger partial charge in [0.2, 0.25) is 11.7 Å². The van der Waals surface area contributed by atoms with Crippen LogP contribution in [0.2, 0.25) is 0 Å². The molecule has 0 atom stereocenters. The molecule has 134 valence electrons. The van der Waals surface area contributed by atoms with Gasteiger partial charge in [-0.05, 0) is 25.1 Å². The standard InChI is InChI=1S/C19H22N6O/c1-2-6-16(7-3-1)19-21-18(26-23-19)9-13-24-11-5-12-25(15-14-24)17-8-4-10-20-22-17/h1-4,6-8,10H,5,9,11-15H2.